The fourth-order valence-electron chi connectivity index (χ4n) is 9.42. The fraction of sp³-hybridized carbons (Fsp3) is 0.440. The van der Waals surface area contributed by atoms with E-state index in [1.807, 2.05) is 0 Å². The van der Waals surface area contributed by atoms with Gasteiger partial charge in [0.15, 0.2) is 0 Å². The lowest BCUT2D eigenvalue weighted by Gasteiger charge is -2.45. The van der Waals surface area contributed by atoms with Crippen molar-refractivity contribution >= 4 is 57.4 Å². The Kier molecular flexibility index (Phi) is 8.52. The molecule has 0 N–H and O–H groups in total. The van der Waals surface area contributed by atoms with E-state index in [9.17, 15) is 0 Å². The van der Waals surface area contributed by atoms with Gasteiger partial charge in [-0.25, -0.2) is 0 Å². The van der Waals surface area contributed by atoms with Crippen LogP contribution in [0.15, 0.2) is 77.2 Å². The lowest BCUT2D eigenvalue weighted by Crippen LogP contribution is -2.61. The van der Waals surface area contributed by atoms with E-state index in [0.29, 0.717) is 11.4 Å². The lowest BCUT2D eigenvalue weighted by molar-refractivity contribution is -0.137. The number of alkyl halides is 3. The second-order valence-corrected chi connectivity index (χ2v) is 21.4. The Morgan fingerprint density at radius 2 is 1.09 bits per heavy atom. The highest BCUT2D eigenvalue weighted by molar-refractivity contribution is 6.99. The highest BCUT2D eigenvalue weighted by Gasteiger charge is 2.53. The minimum atomic E-state index is -4.59. The molecule has 3 heterocycles. The monoisotopic (exact) mass is 770 g/mol. The van der Waals surface area contributed by atoms with Gasteiger partial charge in [-0.3, -0.25) is 0 Å². The second-order valence-electron chi connectivity index (χ2n) is 21.4. The minimum absolute atomic E-state index is 0.0857. The standard InChI is InChI=1S/C50H58BF3N2O/c1-29-25-31(46(5,6)7)17-21-36(29)56-39-28-33(50(52,53)54)27-38-41(39)51(44-42(56)40-43(57-44)49(13,14)24-23-48(40,11)12)35-26-32(47(8,9)10)18-22-37(35)55(38)34-19-15-30(16-20-34)45(2,3)4/h15-22,25-28H,23-24H2,1-14H3. The van der Waals surface area contributed by atoms with Crippen LogP contribution < -0.4 is 26.4 Å². The maximum atomic E-state index is 15.5. The van der Waals surface area contributed by atoms with Gasteiger partial charge in [0.25, 0.3) is 6.71 Å². The van der Waals surface area contributed by atoms with Crippen LogP contribution in [0.3, 0.4) is 0 Å². The fourth-order valence-corrected chi connectivity index (χ4v) is 9.42. The number of hydrogen-bond acceptors (Lipinski definition) is 3. The summed E-state index contributed by atoms with van der Waals surface area (Å²) in [6.07, 6.45) is -2.71. The van der Waals surface area contributed by atoms with Gasteiger partial charge >= 0.3 is 6.18 Å². The molecule has 4 aromatic carbocycles. The molecule has 0 bridgehead atoms. The number of anilines is 6. The van der Waals surface area contributed by atoms with Crippen molar-refractivity contribution in [2.45, 2.75) is 143 Å². The first-order valence-electron chi connectivity index (χ1n) is 20.6. The number of fused-ring (bicyclic) bond motifs is 6. The van der Waals surface area contributed by atoms with E-state index < -0.39 is 18.5 Å². The first-order valence-corrected chi connectivity index (χ1v) is 20.6. The summed E-state index contributed by atoms with van der Waals surface area (Å²) in [6.45, 7) is 30.4. The van der Waals surface area contributed by atoms with Crippen molar-refractivity contribution < 1.29 is 17.6 Å². The van der Waals surface area contributed by atoms with Crippen LogP contribution in [0.4, 0.5) is 47.3 Å². The van der Waals surface area contributed by atoms with Crippen molar-refractivity contribution in [3.8, 4) is 0 Å². The third-order valence-electron chi connectivity index (χ3n) is 13.0. The summed E-state index contributed by atoms with van der Waals surface area (Å²) in [4.78, 5) is 4.21. The third kappa shape index (κ3) is 6.25. The molecule has 1 aromatic heterocycles. The van der Waals surface area contributed by atoms with Gasteiger partial charge in [0, 0.05) is 39.4 Å². The molecule has 0 amide bonds. The molecule has 7 heteroatoms. The highest BCUT2D eigenvalue weighted by atomic mass is 19.4. The van der Waals surface area contributed by atoms with Crippen molar-refractivity contribution in [3.63, 3.8) is 0 Å². The van der Waals surface area contributed by atoms with Crippen molar-refractivity contribution in [2.75, 3.05) is 9.80 Å². The summed E-state index contributed by atoms with van der Waals surface area (Å²) in [5, 5.41) is 0. The summed E-state index contributed by atoms with van der Waals surface area (Å²) in [5.41, 5.74) is 11.2. The van der Waals surface area contributed by atoms with E-state index in [1.165, 1.54) is 17.7 Å². The second kappa shape index (κ2) is 12.3. The SMILES string of the molecule is Cc1cc(C(C)(C)C)ccc1N1c2cc(C(F)(F)F)cc3c2B(c2cc(C(C)(C)C)ccc2N3c2ccc(C(C)(C)C)cc2)c2oc3c(c21)C(C)(C)CCC3(C)C. The van der Waals surface area contributed by atoms with Gasteiger partial charge in [0.1, 0.15) is 5.76 Å². The van der Waals surface area contributed by atoms with E-state index in [1.54, 1.807) is 0 Å². The molecule has 3 aliphatic rings. The first-order chi connectivity index (χ1) is 26.2. The number of furan rings is 1. The molecule has 0 saturated heterocycles. The summed E-state index contributed by atoms with van der Waals surface area (Å²) >= 11 is 0. The van der Waals surface area contributed by atoms with Gasteiger partial charge in [0.05, 0.1) is 16.9 Å². The number of hydrogen-bond donors (Lipinski definition) is 0. The molecular formula is C50H58BF3N2O. The van der Waals surface area contributed by atoms with Crippen LogP contribution in [0.25, 0.3) is 0 Å². The van der Waals surface area contributed by atoms with Crippen LogP contribution >= 0.6 is 0 Å². The zero-order valence-corrected chi connectivity index (χ0v) is 36.4. The van der Waals surface area contributed by atoms with Crippen molar-refractivity contribution in [1.29, 1.82) is 0 Å². The predicted molar refractivity (Wildman–Crippen MR) is 234 cm³/mol. The topological polar surface area (TPSA) is 19.6 Å². The maximum Gasteiger partial charge on any atom is 0.416 e. The molecule has 0 atom stereocenters. The number of halogens is 3. The van der Waals surface area contributed by atoms with E-state index in [0.717, 1.165) is 80.2 Å². The van der Waals surface area contributed by atoms with E-state index in [-0.39, 0.29) is 27.1 Å². The summed E-state index contributed by atoms with van der Waals surface area (Å²) < 4.78 is 53.8. The zero-order valence-electron chi connectivity index (χ0n) is 36.4. The number of nitrogens with zero attached hydrogens (tertiary/aromatic N) is 2. The van der Waals surface area contributed by atoms with Crippen LogP contribution in [-0.2, 0) is 33.3 Å². The van der Waals surface area contributed by atoms with Crippen molar-refractivity contribution in [3.05, 3.63) is 112 Å². The normalized spacial score (nSPS) is 17.2. The molecule has 2 aliphatic heterocycles. The van der Waals surface area contributed by atoms with Crippen LogP contribution in [0.2, 0.25) is 0 Å². The first kappa shape index (κ1) is 39.4. The molecule has 0 unspecified atom stereocenters. The molecule has 1 aliphatic carbocycles. The largest absolute Gasteiger partial charge is 0.472 e. The van der Waals surface area contributed by atoms with E-state index in [4.69, 9.17) is 4.42 Å². The maximum absolute atomic E-state index is 15.5. The summed E-state index contributed by atoms with van der Waals surface area (Å²) in [6, 6.07) is 24.1. The van der Waals surface area contributed by atoms with Crippen LogP contribution in [0, 0.1) is 6.92 Å². The van der Waals surface area contributed by atoms with Crippen molar-refractivity contribution in [1.82, 2.24) is 0 Å². The van der Waals surface area contributed by atoms with Gasteiger partial charge in [-0.05, 0) is 111 Å². The van der Waals surface area contributed by atoms with Gasteiger partial charge in [-0.2, -0.15) is 13.2 Å². The van der Waals surface area contributed by atoms with Gasteiger partial charge in [-0.15, -0.1) is 0 Å². The Bertz CT molecular complexity index is 2430. The smallest absolute Gasteiger partial charge is 0.416 e. The number of benzene rings is 4. The Balaban J connectivity index is 1.55. The Morgan fingerprint density at radius 1 is 0.579 bits per heavy atom. The van der Waals surface area contributed by atoms with Crippen LogP contribution in [0.5, 0.6) is 0 Å². The minimum Gasteiger partial charge on any atom is -0.472 e. The van der Waals surface area contributed by atoms with Crippen LogP contribution in [-0.4, -0.2) is 6.71 Å². The van der Waals surface area contributed by atoms with Crippen LogP contribution in [0.1, 0.15) is 142 Å². The molecular weight excluding hydrogens is 712 g/mol. The molecule has 298 valence electrons. The van der Waals surface area contributed by atoms with Crippen molar-refractivity contribution in [2.24, 2.45) is 0 Å². The average Bonchev–Trinajstić information content (AvgIpc) is 3.52. The average molecular weight is 771 g/mol. The molecule has 57 heavy (non-hydrogen) atoms. The third-order valence-corrected chi connectivity index (χ3v) is 13.0. The summed E-state index contributed by atoms with van der Waals surface area (Å²) in [7, 11) is 0. The Morgan fingerprint density at radius 3 is 1.63 bits per heavy atom. The summed E-state index contributed by atoms with van der Waals surface area (Å²) in [5.74, 6) is 0.942. The van der Waals surface area contributed by atoms with Gasteiger partial charge < -0.3 is 14.2 Å². The molecule has 8 rings (SSSR count). The molecule has 0 radical (unpaired) electrons. The quantitative estimate of drug-likeness (QED) is 0.163. The lowest BCUT2D eigenvalue weighted by atomic mass is 9.35. The molecule has 3 nitrogen and oxygen atoms in total. The van der Waals surface area contributed by atoms with E-state index >= 15 is 13.2 Å². The molecule has 5 aromatic rings. The number of aryl methyl sites for hydroxylation is 1. The van der Waals surface area contributed by atoms with Gasteiger partial charge in [0.2, 0.25) is 0 Å². The molecule has 0 fully saturated rings. The highest BCUT2D eigenvalue weighted by Crippen LogP contribution is 2.55. The Hall–Kier alpha value is -4.39. The molecule has 0 spiro atoms. The molecule has 0 saturated carbocycles. The van der Waals surface area contributed by atoms with E-state index in [2.05, 4.69) is 167 Å². The zero-order chi connectivity index (χ0) is 41.6. The Labute approximate surface area is 338 Å². The van der Waals surface area contributed by atoms with Gasteiger partial charge in [-0.1, -0.05) is 126 Å². The predicted octanol–water partition coefficient (Wildman–Crippen LogP) is 12.9. The number of rotatable bonds is 2.